The van der Waals surface area contributed by atoms with E-state index in [4.69, 9.17) is 38.0 Å². The molecule has 0 bridgehead atoms. The van der Waals surface area contributed by atoms with Crippen molar-refractivity contribution in [2.45, 2.75) is 0 Å². The van der Waals surface area contributed by atoms with Crippen molar-refractivity contribution in [3.8, 4) is 17.2 Å². The van der Waals surface area contributed by atoms with Gasteiger partial charge < -0.3 is 14.2 Å². The molecular weight excluding hydrogens is 478 g/mol. The predicted octanol–water partition coefficient (Wildman–Crippen LogP) is 3.51. The number of carbonyl (C=O) groups excluding carboxylic acids is 2. The Labute approximate surface area is 207 Å². The quantitative estimate of drug-likeness (QED) is 0.235. The molecule has 0 saturated heterocycles. The maximum atomic E-state index is 12.3. The highest BCUT2D eigenvalue weighted by molar-refractivity contribution is 7.80. The average Bonchev–Trinajstić information content (AvgIpc) is 2.86. The van der Waals surface area contributed by atoms with Crippen molar-refractivity contribution < 1.29 is 23.8 Å². The van der Waals surface area contributed by atoms with Crippen LogP contribution in [0.3, 0.4) is 0 Å². The molecular formula is C24H22ClN3O5S. The summed E-state index contributed by atoms with van der Waals surface area (Å²) in [6.07, 6.45) is 0. The lowest BCUT2D eigenvalue weighted by atomic mass is 10.2. The van der Waals surface area contributed by atoms with Gasteiger partial charge in [-0.3, -0.25) is 25.8 Å². The Bertz CT molecular complexity index is 1110. The first kappa shape index (κ1) is 24.8. The molecule has 0 heterocycles. The normalized spacial score (nSPS) is 10.0. The van der Waals surface area contributed by atoms with Crippen LogP contribution in [0.2, 0.25) is 5.02 Å². The molecule has 0 aromatic heterocycles. The monoisotopic (exact) mass is 499 g/mol. The molecule has 0 aliphatic heterocycles. The third kappa shape index (κ3) is 8.27. The molecule has 3 rings (SSSR count). The first-order valence-electron chi connectivity index (χ1n) is 10.2. The Kier molecular flexibility index (Phi) is 9.51. The number of amides is 2. The zero-order valence-corrected chi connectivity index (χ0v) is 19.5. The number of halogens is 1. The molecule has 0 aliphatic carbocycles. The second-order valence-corrected chi connectivity index (χ2v) is 7.53. The fourth-order valence-electron chi connectivity index (χ4n) is 2.61. The number of hydrazine groups is 1. The van der Waals surface area contributed by atoms with Gasteiger partial charge in [-0.1, -0.05) is 41.9 Å². The van der Waals surface area contributed by atoms with Crippen molar-refractivity contribution in [3.63, 3.8) is 0 Å². The SMILES string of the molecule is O=C(COc1ccccc1Cl)NNC(=S)NC(=O)c1ccc(OCCOc2ccccc2)cc1. The topological polar surface area (TPSA) is 97.9 Å². The fourth-order valence-corrected chi connectivity index (χ4v) is 2.95. The van der Waals surface area contributed by atoms with E-state index in [9.17, 15) is 9.59 Å². The Morgan fingerprint density at radius 1 is 0.765 bits per heavy atom. The van der Waals surface area contributed by atoms with Gasteiger partial charge in [0.15, 0.2) is 11.7 Å². The molecule has 34 heavy (non-hydrogen) atoms. The Morgan fingerprint density at radius 2 is 1.38 bits per heavy atom. The molecule has 0 fully saturated rings. The molecule has 176 valence electrons. The van der Waals surface area contributed by atoms with E-state index in [1.807, 2.05) is 30.3 Å². The molecule has 0 saturated carbocycles. The Morgan fingerprint density at radius 3 is 2.06 bits per heavy atom. The molecule has 0 unspecified atom stereocenters. The highest BCUT2D eigenvalue weighted by atomic mass is 35.5. The molecule has 0 spiro atoms. The number of carbonyl (C=O) groups is 2. The van der Waals surface area contributed by atoms with Gasteiger partial charge in [0.25, 0.3) is 11.8 Å². The lowest BCUT2D eigenvalue weighted by Gasteiger charge is -2.12. The van der Waals surface area contributed by atoms with Gasteiger partial charge in [-0.25, -0.2) is 0 Å². The van der Waals surface area contributed by atoms with Crippen LogP contribution in [0.4, 0.5) is 0 Å². The zero-order chi connectivity index (χ0) is 24.2. The first-order chi connectivity index (χ1) is 16.5. The van der Waals surface area contributed by atoms with E-state index >= 15 is 0 Å². The number of hydrogen-bond donors (Lipinski definition) is 3. The summed E-state index contributed by atoms with van der Waals surface area (Å²) in [6.45, 7) is 0.459. The number of nitrogens with one attached hydrogen (secondary N) is 3. The van der Waals surface area contributed by atoms with E-state index in [0.717, 1.165) is 5.75 Å². The van der Waals surface area contributed by atoms with Crippen LogP contribution in [0.5, 0.6) is 17.2 Å². The summed E-state index contributed by atoms with van der Waals surface area (Å²) < 4.78 is 16.5. The van der Waals surface area contributed by atoms with Crippen molar-refractivity contribution in [1.29, 1.82) is 0 Å². The number of ether oxygens (including phenoxy) is 3. The second kappa shape index (κ2) is 13.0. The Balaban J connectivity index is 1.34. The summed E-state index contributed by atoms with van der Waals surface area (Å²) in [4.78, 5) is 24.2. The van der Waals surface area contributed by atoms with E-state index in [2.05, 4.69) is 16.2 Å². The third-order valence-corrected chi connectivity index (χ3v) is 4.73. The van der Waals surface area contributed by atoms with Crippen molar-refractivity contribution in [2.75, 3.05) is 19.8 Å². The van der Waals surface area contributed by atoms with E-state index in [1.54, 1.807) is 48.5 Å². The standard InChI is InChI=1S/C24H22ClN3O5S/c25-20-8-4-5-9-21(20)33-16-22(29)27-28-24(34)26-23(30)17-10-12-19(13-11-17)32-15-14-31-18-6-2-1-3-7-18/h1-13H,14-16H2,(H,27,29)(H2,26,28,30,34). The number of para-hydroxylation sites is 2. The largest absolute Gasteiger partial charge is 0.490 e. The van der Waals surface area contributed by atoms with Crippen LogP contribution in [0.1, 0.15) is 10.4 Å². The van der Waals surface area contributed by atoms with Crippen LogP contribution in [-0.4, -0.2) is 36.7 Å². The van der Waals surface area contributed by atoms with E-state index in [-0.39, 0.29) is 11.7 Å². The lowest BCUT2D eigenvalue weighted by molar-refractivity contribution is -0.123. The molecule has 0 radical (unpaired) electrons. The van der Waals surface area contributed by atoms with Crippen LogP contribution in [-0.2, 0) is 4.79 Å². The molecule has 0 atom stereocenters. The minimum atomic E-state index is -0.505. The summed E-state index contributed by atoms with van der Waals surface area (Å²) >= 11 is 11.0. The first-order valence-corrected chi connectivity index (χ1v) is 11.0. The van der Waals surface area contributed by atoms with Crippen LogP contribution in [0.15, 0.2) is 78.9 Å². The van der Waals surface area contributed by atoms with Crippen molar-refractivity contribution in [1.82, 2.24) is 16.2 Å². The zero-order valence-electron chi connectivity index (χ0n) is 18.0. The molecule has 2 amide bonds. The molecule has 3 aromatic rings. The van der Waals surface area contributed by atoms with Crippen LogP contribution >= 0.6 is 23.8 Å². The molecule has 0 aliphatic rings. The molecule has 3 aromatic carbocycles. The third-order valence-electron chi connectivity index (χ3n) is 4.22. The summed E-state index contributed by atoms with van der Waals surface area (Å²) in [5, 5.41) is 2.79. The summed E-state index contributed by atoms with van der Waals surface area (Å²) in [6, 6.07) is 22.8. The number of hydrogen-bond acceptors (Lipinski definition) is 6. The van der Waals surface area contributed by atoms with Gasteiger partial charge in [-0.2, -0.15) is 0 Å². The van der Waals surface area contributed by atoms with Gasteiger partial charge in [-0.05, 0) is 60.7 Å². The van der Waals surface area contributed by atoms with E-state index < -0.39 is 11.8 Å². The van der Waals surface area contributed by atoms with Crippen LogP contribution < -0.4 is 30.4 Å². The molecule has 10 heteroatoms. The highest BCUT2D eigenvalue weighted by Gasteiger charge is 2.10. The molecule has 8 nitrogen and oxygen atoms in total. The van der Waals surface area contributed by atoms with Crippen LogP contribution in [0, 0.1) is 0 Å². The van der Waals surface area contributed by atoms with E-state index in [0.29, 0.717) is 35.3 Å². The summed E-state index contributed by atoms with van der Waals surface area (Å²) in [5.41, 5.74) is 5.14. The maximum Gasteiger partial charge on any atom is 0.276 e. The van der Waals surface area contributed by atoms with Gasteiger partial charge in [0.05, 0.1) is 5.02 Å². The van der Waals surface area contributed by atoms with Gasteiger partial charge >= 0.3 is 0 Å². The highest BCUT2D eigenvalue weighted by Crippen LogP contribution is 2.22. The van der Waals surface area contributed by atoms with Gasteiger partial charge in [-0.15, -0.1) is 0 Å². The smallest absolute Gasteiger partial charge is 0.276 e. The molecule has 3 N–H and O–H groups in total. The second-order valence-electron chi connectivity index (χ2n) is 6.71. The number of rotatable bonds is 9. The fraction of sp³-hybridized carbons (Fsp3) is 0.125. The maximum absolute atomic E-state index is 12.3. The Hall–Kier alpha value is -3.82. The van der Waals surface area contributed by atoms with Crippen LogP contribution in [0.25, 0.3) is 0 Å². The minimum absolute atomic E-state index is 0.0746. The minimum Gasteiger partial charge on any atom is -0.490 e. The van der Waals surface area contributed by atoms with Gasteiger partial charge in [0, 0.05) is 5.56 Å². The van der Waals surface area contributed by atoms with Gasteiger partial charge in [0.2, 0.25) is 0 Å². The number of thiocarbonyl (C=S) groups is 1. The summed E-state index contributed by atoms with van der Waals surface area (Å²) in [7, 11) is 0. The van der Waals surface area contributed by atoms with Crippen molar-refractivity contribution in [2.24, 2.45) is 0 Å². The van der Waals surface area contributed by atoms with Crippen molar-refractivity contribution in [3.05, 3.63) is 89.4 Å². The van der Waals surface area contributed by atoms with Crippen molar-refractivity contribution >= 4 is 40.7 Å². The predicted molar refractivity (Wildman–Crippen MR) is 132 cm³/mol. The van der Waals surface area contributed by atoms with Gasteiger partial charge in [0.1, 0.15) is 30.5 Å². The summed E-state index contributed by atoms with van der Waals surface area (Å²) in [5.74, 6) is 0.797. The average molecular weight is 500 g/mol. The lowest BCUT2D eigenvalue weighted by Crippen LogP contribution is -2.49. The van der Waals surface area contributed by atoms with E-state index in [1.165, 1.54) is 0 Å². The number of benzene rings is 3.